The van der Waals surface area contributed by atoms with Crippen LogP contribution in [0.15, 0.2) is 42.6 Å². The molecular weight excluding hydrogens is 402 g/mol. The first-order chi connectivity index (χ1) is 14.5. The van der Waals surface area contributed by atoms with E-state index in [2.05, 4.69) is 16.3 Å². The van der Waals surface area contributed by atoms with Crippen molar-refractivity contribution in [3.8, 4) is 29.5 Å². The smallest absolute Gasteiger partial charge is 0.226 e. The van der Waals surface area contributed by atoms with Gasteiger partial charge in [-0.05, 0) is 42.3 Å². The number of ether oxygens (including phenoxy) is 2. The number of aromatic nitrogens is 2. The molecule has 1 aliphatic heterocycles. The van der Waals surface area contributed by atoms with Crippen molar-refractivity contribution in [2.24, 2.45) is 0 Å². The minimum Gasteiger partial charge on any atom is -0.493 e. The Morgan fingerprint density at radius 1 is 1.33 bits per heavy atom. The third-order valence-corrected chi connectivity index (χ3v) is 5.60. The molecule has 0 spiro atoms. The van der Waals surface area contributed by atoms with Crippen molar-refractivity contribution >= 4 is 23.3 Å². The molecule has 1 atom stereocenters. The fourth-order valence-corrected chi connectivity index (χ4v) is 3.83. The number of hydrogen-bond acceptors (Lipinski definition) is 4. The molecule has 30 heavy (non-hydrogen) atoms. The molecule has 1 aromatic heterocycles. The summed E-state index contributed by atoms with van der Waals surface area (Å²) in [6.07, 6.45) is 7.37. The van der Waals surface area contributed by atoms with E-state index in [9.17, 15) is 4.79 Å². The number of hydrogen-bond donors (Lipinski definition) is 1. The van der Waals surface area contributed by atoms with Crippen molar-refractivity contribution in [3.63, 3.8) is 0 Å². The Morgan fingerprint density at radius 3 is 2.93 bits per heavy atom. The number of rotatable bonds is 5. The van der Waals surface area contributed by atoms with Crippen molar-refractivity contribution in [1.82, 2.24) is 9.78 Å². The van der Waals surface area contributed by atoms with E-state index in [0.717, 1.165) is 22.4 Å². The molecule has 1 amide bonds. The number of carbonyl (C=O) groups is 1. The standard InChI is InChI=1S/C23H20ClN3O3/c1-4-10-30-20-9-8-15(11-21(20)29-3)16-12-22(28)26-23-17(16)13-25-27(23)19-7-5-6-18(24)14(19)2/h1,5-9,11,13,16H,10,12H2,2-3H3,(H,26,28). The van der Waals surface area contributed by atoms with Crippen molar-refractivity contribution in [2.45, 2.75) is 19.3 Å². The van der Waals surface area contributed by atoms with Crippen molar-refractivity contribution < 1.29 is 14.3 Å². The Hall–Kier alpha value is -3.43. The topological polar surface area (TPSA) is 65.4 Å². The Labute approximate surface area is 179 Å². The number of carbonyl (C=O) groups excluding carboxylic acids is 1. The SMILES string of the molecule is C#CCOc1ccc(C2CC(=O)Nc3c2cnn3-c2cccc(Cl)c2C)cc1OC. The number of halogens is 1. The molecule has 2 heterocycles. The van der Waals surface area contributed by atoms with Gasteiger partial charge in [0.1, 0.15) is 12.4 Å². The number of methoxy groups -OCH3 is 1. The van der Waals surface area contributed by atoms with Crippen molar-refractivity contribution in [3.05, 3.63) is 64.3 Å². The van der Waals surface area contributed by atoms with E-state index in [1.165, 1.54) is 0 Å². The number of nitrogens with zero attached hydrogens (tertiary/aromatic N) is 2. The van der Waals surface area contributed by atoms with E-state index in [-0.39, 0.29) is 18.4 Å². The Balaban J connectivity index is 1.77. The van der Waals surface area contributed by atoms with E-state index < -0.39 is 0 Å². The molecule has 152 valence electrons. The minimum atomic E-state index is -0.169. The first-order valence-electron chi connectivity index (χ1n) is 9.41. The molecule has 2 aromatic carbocycles. The molecule has 0 saturated heterocycles. The molecule has 3 aromatic rings. The molecule has 0 fully saturated rings. The average molecular weight is 422 g/mol. The Morgan fingerprint density at radius 2 is 2.17 bits per heavy atom. The van der Waals surface area contributed by atoms with Crippen molar-refractivity contribution in [2.75, 3.05) is 19.0 Å². The van der Waals surface area contributed by atoms with E-state index in [0.29, 0.717) is 28.8 Å². The van der Waals surface area contributed by atoms with Gasteiger partial charge in [0.15, 0.2) is 11.5 Å². The van der Waals surface area contributed by atoms with Crippen LogP contribution in [0.1, 0.15) is 29.0 Å². The first-order valence-corrected chi connectivity index (χ1v) is 9.78. The number of anilines is 1. The third-order valence-electron chi connectivity index (χ3n) is 5.19. The van der Waals surface area contributed by atoms with Crippen LogP contribution in [-0.2, 0) is 4.79 Å². The molecule has 0 radical (unpaired) electrons. The zero-order valence-electron chi connectivity index (χ0n) is 16.6. The van der Waals surface area contributed by atoms with Gasteiger partial charge in [0.05, 0.1) is 19.0 Å². The van der Waals surface area contributed by atoms with Gasteiger partial charge in [0, 0.05) is 22.9 Å². The normalized spacial score (nSPS) is 15.1. The van der Waals surface area contributed by atoms with E-state index >= 15 is 0 Å². The Kier molecular flexibility index (Phi) is 5.39. The lowest BCUT2D eigenvalue weighted by Crippen LogP contribution is -2.24. The van der Waals surface area contributed by atoms with Crippen LogP contribution in [-0.4, -0.2) is 29.4 Å². The lowest BCUT2D eigenvalue weighted by molar-refractivity contribution is -0.116. The molecule has 0 aliphatic carbocycles. The maximum Gasteiger partial charge on any atom is 0.226 e. The lowest BCUT2D eigenvalue weighted by atomic mass is 9.87. The predicted molar refractivity (Wildman–Crippen MR) is 116 cm³/mol. The highest BCUT2D eigenvalue weighted by atomic mass is 35.5. The van der Waals surface area contributed by atoms with Crippen LogP contribution in [0.2, 0.25) is 5.02 Å². The number of benzene rings is 2. The molecule has 1 unspecified atom stereocenters. The predicted octanol–water partition coefficient (Wildman–Crippen LogP) is 4.33. The lowest BCUT2D eigenvalue weighted by Gasteiger charge is -2.24. The fourth-order valence-electron chi connectivity index (χ4n) is 3.66. The van der Waals surface area contributed by atoms with Gasteiger partial charge in [-0.1, -0.05) is 29.7 Å². The van der Waals surface area contributed by atoms with Gasteiger partial charge < -0.3 is 14.8 Å². The molecule has 1 aliphatic rings. The first kappa shape index (κ1) is 19.9. The number of terminal acetylenes is 1. The highest BCUT2D eigenvalue weighted by Crippen LogP contribution is 2.41. The van der Waals surface area contributed by atoms with Gasteiger partial charge in [-0.15, -0.1) is 6.42 Å². The summed E-state index contributed by atoms with van der Waals surface area (Å²) in [6.45, 7) is 2.07. The van der Waals surface area contributed by atoms with Gasteiger partial charge in [0.2, 0.25) is 5.91 Å². The summed E-state index contributed by atoms with van der Waals surface area (Å²) in [6, 6.07) is 11.2. The molecule has 6 nitrogen and oxygen atoms in total. The summed E-state index contributed by atoms with van der Waals surface area (Å²) in [7, 11) is 1.57. The summed E-state index contributed by atoms with van der Waals surface area (Å²) in [5, 5.41) is 8.15. The molecule has 4 rings (SSSR count). The quantitative estimate of drug-likeness (QED) is 0.623. The summed E-state index contributed by atoms with van der Waals surface area (Å²) in [5.41, 5.74) is 3.56. The van der Waals surface area contributed by atoms with Crippen LogP contribution >= 0.6 is 11.6 Å². The second-order valence-electron chi connectivity index (χ2n) is 6.95. The van der Waals surface area contributed by atoms with Crippen LogP contribution in [0.5, 0.6) is 11.5 Å². The van der Waals surface area contributed by atoms with Gasteiger partial charge >= 0.3 is 0 Å². The second kappa shape index (κ2) is 8.13. The Bertz CT molecular complexity index is 1160. The summed E-state index contributed by atoms with van der Waals surface area (Å²) < 4.78 is 12.7. The number of fused-ring (bicyclic) bond motifs is 1. The monoisotopic (exact) mass is 421 g/mol. The maximum atomic E-state index is 12.5. The van der Waals surface area contributed by atoms with Crippen LogP contribution < -0.4 is 14.8 Å². The second-order valence-corrected chi connectivity index (χ2v) is 7.36. The van der Waals surface area contributed by atoms with E-state index in [1.807, 2.05) is 43.3 Å². The third kappa shape index (κ3) is 3.49. The molecular formula is C23H20ClN3O3. The molecule has 0 bridgehead atoms. The summed E-state index contributed by atoms with van der Waals surface area (Å²) >= 11 is 6.29. The highest BCUT2D eigenvalue weighted by Gasteiger charge is 2.31. The van der Waals surface area contributed by atoms with E-state index in [4.69, 9.17) is 27.5 Å². The van der Waals surface area contributed by atoms with Crippen LogP contribution in [0.4, 0.5) is 5.82 Å². The summed E-state index contributed by atoms with van der Waals surface area (Å²) in [5.74, 6) is 3.96. The molecule has 7 heteroatoms. The van der Waals surface area contributed by atoms with Gasteiger partial charge in [-0.2, -0.15) is 5.10 Å². The average Bonchev–Trinajstić information content (AvgIpc) is 3.17. The zero-order chi connectivity index (χ0) is 21.3. The maximum absolute atomic E-state index is 12.5. The van der Waals surface area contributed by atoms with Gasteiger partial charge in [0.25, 0.3) is 0 Å². The van der Waals surface area contributed by atoms with Crippen LogP contribution in [0.25, 0.3) is 5.69 Å². The summed E-state index contributed by atoms with van der Waals surface area (Å²) in [4.78, 5) is 12.5. The number of nitrogens with one attached hydrogen (secondary N) is 1. The molecule has 1 N–H and O–H groups in total. The van der Waals surface area contributed by atoms with Gasteiger partial charge in [-0.3, -0.25) is 4.79 Å². The molecule has 0 saturated carbocycles. The highest BCUT2D eigenvalue weighted by molar-refractivity contribution is 6.31. The minimum absolute atomic E-state index is 0.0828. The van der Waals surface area contributed by atoms with Crippen LogP contribution in [0.3, 0.4) is 0 Å². The van der Waals surface area contributed by atoms with Crippen molar-refractivity contribution in [1.29, 1.82) is 0 Å². The fraction of sp³-hybridized carbons (Fsp3) is 0.217. The number of amides is 1. The van der Waals surface area contributed by atoms with Crippen LogP contribution in [0, 0.1) is 19.3 Å². The zero-order valence-corrected chi connectivity index (χ0v) is 17.4. The van der Waals surface area contributed by atoms with E-state index in [1.54, 1.807) is 18.0 Å². The van der Waals surface area contributed by atoms with Gasteiger partial charge in [-0.25, -0.2) is 4.68 Å². The largest absolute Gasteiger partial charge is 0.493 e.